The van der Waals surface area contributed by atoms with E-state index in [9.17, 15) is 14.0 Å². The zero-order chi connectivity index (χ0) is 26.1. The van der Waals surface area contributed by atoms with Crippen molar-refractivity contribution in [3.63, 3.8) is 0 Å². The van der Waals surface area contributed by atoms with E-state index in [4.69, 9.17) is 4.74 Å². The number of fused-ring (bicyclic) bond motifs is 1. The summed E-state index contributed by atoms with van der Waals surface area (Å²) in [7, 11) is 0. The fourth-order valence-electron chi connectivity index (χ4n) is 4.75. The average Bonchev–Trinajstić information content (AvgIpc) is 3.58. The van der Waals surface area contributed by atoms with E-state index >= 15 is 0 Å². The maximum atomic E-state index is 13.2. The first-order valence-corrected chi connectivity index (χ1v) is 12.5. The number of H-pyrrole nitrogens is 1. The molecule has 1 fully saturated rings. The lowest BCUT2D eigenvalue weighted by molar-refractivity contribution is -0.133. The Morgan fingerprint density at radius 3 is 2.16 bits per heavy atom. The third-order valence-electron chi connectivity index (χ3n) is 7.12. The fourth-order valence-corrected chi connectivity index (χ4v) is 4.75. The normalized spacial score (nSPS) is 13.8. The lowest BCUT2D eigenvalue weighted by Gasteiger charge is -2.14. The molecule has 0 amide bonds. The van der Waals surface area contributed by atoms with E-state index in [2.05, 4.69) is 15.2 Å². The van der Waals surface area contributed by atoms with Crippen LogP contribution >= 0.6 is 0 Å². The number of aromatic amines is 1. The van der Waals surface area contributed by atoms with E-state index in [0.29, 0.717) is 24.3 Å². The highest BCUT2D eigenvalue weighted by atomic mass is 19.1. The Bertz CT molecular complexity index is 1620. The molecule has 1 aliphatic carbocycles. The van der Waals surface area contributed by atoms with Crippen LogP contribution in [0.3, 0.4) is 0 Å². The summed E-state index contributed by atoms with van der Waals surface area (Å²) in [5.74, 6) is 0.803. The highest BCUT2D eigenvalue weighted by molar-refractivity contribution is 6.10. The van der Waals surface area contributed by atoms with Crippen LogP contribution in [0, 0.1) is 11.2 Å². The molecule has 5 aromatic rings. The number of aromatic nitrogens is 3. The van der Waals surface area contributed by atoms with Gasteiger partial charge in [-0.2, -0.15) is 5.10 Å². The van der Waals surface area contributed by atoms with Gasteiger partial charge in [0.05, 0.1) is 16.6 Å². The van der Waals surface area contributed by atoms with Crippen molar-refractivity contribution in [1.29, 1.82) is 0 Å². The van der Waals surface area contributed by atoms with Gasteiger partial charge in [-0.1, -0.05) is 30.3 Å². The van der Waals surface area contributed by atoms with E-state index in [-0.39, 0.29) is 30.2 Å². The molecule has 1 aliphatic rings. The third kappa shape index (κ3) is 4.70. The number of ketones is 2. The number of hydrogen-bond donors (Lipinski definition) is 1. The molecule has 7 heteroatoms. The first kappa shape index (κ1) is 23.7. The molecule has 0 bridgehead atoms. The number of ether oxygens (including phenoxy) is 1. The second-order valence-corrected chi connectivity index (χ2v) is 9.67. The Morgan fingerprint density at radius 1 is 0.842 bits per heavy atom. The van der Waals surface area contributed by atoms with Gasteiger partial charge in [-0.15, -0.1) is 0 Å². The summed E-state index contributed by atoms with van der Waals surface area (Å²) in [5, 5.41) is 7.86. The predicted molar refractivity (Wildman–Crippen MR) is 141 cm³/mol. The molecule has 0 aliphatic heterocycles. The zero-order valence-corrected chi connectivity index (χ0v) is 20.5. The molecule has 2 aromatic heterocycles. The van der Waals surface area contributed by atoms with Crippen LogP contribution in [0.15, 0.2) is 91.3 Å². The number of benzene rings is 3. The number of hydrogen-bond acceptors (Lipinski definition) is 5. The molecule has 0 unspecified atom stereocenters. The van der Waals surface area contributed by atoms with Gasteiger partial charge in [-0.05, 0) is 72.5 Å². The maximum Gasteiger partial charge on any atom is 0.150 e. The molecule has 188 valence electrons. The van der Waals surface area contributed by atoms with Crippen LogP contribution in [0.25, 0.3) is 22.2 Å². The van der Waals surface area contributed by atoms with Crippen molar-refractivity contribution in [3.8, 4) is 22.8 Å². The molecule has 0 spiro atoms. The minimum Gasteiger partial charge on any atom is -0.457 e. The summed E-state index contributed by atoms with van der Waals surface area (Å²) in [6.07, 6.45) is 4.88. The molecule has 3 aromatic carbocycles. The number of carbonyl (C=O) groups is 2. The van der Waals surface area contributed by atoms with Gasteiger partial charge >= 0.3 is 0 Å². The van der Waals surface area contributed by atoms with Crippen molar-refractivity contribution < 1.29 is 18.7 Å². The molecular formula is C31H24FN3O3. The highest BCUT2D eigenvalue weighted by Gasteiger charge is 2.54. The number of rotatable bonds is 9. The van der Waals surface area contributed by atoms with Crippen LogP contribution < -0.4 is 4.74 Å². The topological polar surface area (TPSA) is 84.9 Å². The van der Waals surface area contributed by atoms with Gasteiger partial charge in [0.15, 0.2) is 11.6 Å². The number of nitrogens with zero attached hydrogens (tertiary/aromatic N) is 2. The monoisotopic (exact) mass is 505 g/mol. The summed E-state index contributed by atoms with van der Waals surface area (Å²) >= 11 is 0. The molecule has 0 radical (unpaired) electrons. The van der Waals surface area contributed by atoms with Crippen LogP contribution in [-0.4, -0.2) is 26.7 Å². The largest absolute Gasteiger partial charge is 0.457 e. The summed E-state index contributed by atoms with van der Waals surface area (Å²) in [6.45, 7) is 0. The molecule has 0 atom stereocenters. The Balaban J connectivity index is 1.14. The fraction of sp³-hybridized carbons (Fsp3) is 0.161. The smallest absolute Gasteiger partial charge is 0.150 e. The van der Waals surface area contributed by atoms with Gasteiger partial charge in [0, 0.05) is 36.2 Å². The summed E-state index contributed by atoms with van der Waals surface area (Å²) in [5.41, 5.74) is 3.32. The summed E-state index contributed by atoms with van der Waals surface area (Å²) in [6, 6.07) is 22.9. The number of halogens is 1. The number of nitrogens with one attached hydrogen (secondary N) is 1. The van der Waals surface area contributed by atoms with E-state index in [1.54, 1.807) is 24.5 Å². The van der Waals surface area contributed by atoms with Crippen LogP contribution in [0.5, 0.6) is 11.5 Å². The first-order valence-electron chi connectivity index (χ1n) is 12.5. The van der Waals surface area contributed by atoms with E-state index in [1.165, 1.54) is 12.1 Å². The van der Waals surface area contributed by atoms with Crippen LogP contribution in [0.2, 0.25) is 0 Å². The second kappa shape index (κ2) is 9.67. The Hall–Kier alpha value is -4.65. The molecular weight excluding hydrogens is 481 g/mol. The summed E-state index contributed by atoms with van der Waals surface area (Å²) < 4.78 is 19.4. The Labute approximate surface area is 218 Å². The van der Waals surface area contributed by atoms with Crippen molar-refractivity contribution in [1.82, 2.24) is 15.2 Å². The van der Waals surface area contributed by atoms with Gasteiger partial charge in [-0.25, -0.2) is 4.39 Å². The number of carbonyl (C=O) groups excluding carboxylic acids is 2. The SMILES string of the molecule is O=C(Cc1ccc(F)cc1)C1(C(=O)Cc2ccc(Oc3ccnc4ccc(-c5ccn[nH]5)cc34)cc2)CC1. The molecule has 6 rings (SSSR count). The van der Waals surface area contributed by atoms with Gasteiger partial charge in [0.1, 0.15) is 17.3 Å². The molecule has 6 nitrogen and oxygen atoms in total. The molecule has 1 saturated carbocycles. The van der Waals surface area contributed by atoms with Crippen molar-refractivity contribution in [3.05, 3.63) is 108 Å². The van der Waals surface area contributed by atoms with Crippen molar-refractivity contribution in [2.75, 3.05) is 0 Å². The highest BCUT2D eigenvalue weighted by Crippen LogP contribution is 2.48. The van der Waals surface area contributed by atoms with Gasteiger partial charge < -0.3 is 4.74 Å². The molecule has 0 saturated heterocycles. The average molecular weight is 506 g/mol. The van der Waals surface area contributed by atoms with Crippen molar-refractivity contribution in [2.45, 2.75) is 25.7 Å². The van der Waals surface area contributed by atoms with Gasteiger partial charge in [0.2, 0.25) is 0 Å². The third-order valence-corrected chi connectivity index (χ3v) is 7.12. The van der Waals surface area contributed by atoms with Crippen LogP contribution in [0.4, 0.5) is 4.39 Å². The lowest BCUT2D eigenvalue weighted by atomic mass is 9.88. The lowest BCUT2D eigenvalue weighted by Crippen LogP contribution is -2.28. The minimum atomic E-state index is -0.911. The molecule has 38 heavy (non-hydrogen) atoms. The number of Topliss-reactive ketones (excluding diaryl/α,β-unsaturated/α-hetero) is 2. The first-order chi connectivity index (χ1) is 18.5. The van der Waals surface area contributed by atoms with Crippen LogP contribution in [-0.2, 0) is 22.4 Å². The number of pyridine rings is 1. The van der Waals surface area contributed by atoms with Crippen molar-refractivity contribution in [2.24, 2.45) is 5.41 Å². The molecule has 1 N–H and O–H groups in total. The summed E-state index contributed by atoms with van der Waals surface area (Å²) in [4.78, 5) is 30.5. The Kier molecular flexibility index (Phi) is 6.04. The quantitative estimate of drug-likeness (QED) is 0.239. The second-order valence-electron chi connectivity index (χ2n) is 9.67. The molecule has 2 heterocycles. The predicted octanol–water partition coefficient (Wildman–Crippen LogP) is 6.26. The van der Waals surface area contributed by atoms with E-state index in [0.717, 1.165) is 33.3 Å². The zero-order valence-electron chi connectivity index (χ0n) is 20.5. The minimum absolute atomic E-state index is 0.0651. The van der Waals surface area contributed by atoms with E-state index in [1.807, 2.05) is 54.6 Å². The van der Waals surface area contributed by atoms with E-state index < -0.39 is 5.41 Å². The van der Waals surface area contributed by atoms with Gasteiger partial charge in [0.25, 0.3) is 0 Å². The van der Waals surface area contributed by atoms with Crippen molar-refractivity contribution >= 4 is 22.5 Å². The standard InChI is InChI=1S/C31H24FN3O3/c32-23-6-1-20(2-7-23)17-29(36)31(13-14-31)30(37)18-21-3-8-24(9-4-21)38-28-12-15-33-27-10-5-22(19-25(27)28)26-11-16-34-35-26/h1-12,15-16,19H,13-14,17-18H2,(H,34,35). The maximum absolute atomic E-state index is 13.2. The Morgan fingerprint density at radius 2 is 1.53 bits per heavy atom. The van der Waals surface area contributed by atoms with Crippen LogP contribution in [0.1, 0.15) is 24.0 Å². The van der Waals surface area contributed by atoms with Gasteiger partial charge in [-0.3, -0.25) is 19.7 Å².